The lowest BCUT2D eigenvalue weighted by molar-refractivity contribution is 0.336. The molecule has 0 bridgehead atoms. The standard InChI is InChI=1S/C17H15BrClN3O4S/c1-22(27(23,24)13-6-7-15(25-2)14(18)9-13)10-16-20-17(21-26-16)11-4-3-5-12(19)8-11/h3-9H,10H2,1-2H3. The molecular weight excluding hydrogens is 458 g/mol. The van der Waals surface area contributed by atoms with Crippen LogP contribution in [0.15, 0.2) is 56.4 Å². The molecular formula is C17H15BrClN3O4S. The van der Waals surface area contributed by atoms with Crippen LogP contribution in [0, 0.1) is 0 Å². The lowest BCUT2D eigenvalue weighted by atomic mass is 10.2. The number of methoxy groups -OCH3 is 1. The molecule has 3 rings (SSSR count). The summed E-state index contributed by atoms with van der Waals surface area (Å²) >= 11 is 9.25. The molecule has 3 aromatic rings. The molecule has 0 saturated heterocycles. The third-order valence-corrected chi connectivity index (χ3v) is 6.39. The van der Waals surface area contributed by atoms with Crippen LogP contribution in [0.25, 0.3) is 11.4 Å². The number of sulfonamides is 1. The maximum atomic E-state index is 12.8. The van der Waals surface area contributed by atoms with Crippen molar-refractivity contribution in [3.63, 3.8) is 0 Å². The van der Waals surface area contributed by atoms with Crippen molar-refractivity contribution in [2.24, 2.45) is 0 Å². The number of aromatic nitrogens is 2. The molecule has 0 aliphatic heterocycles. The van der Waals surface area contributed by atoms with Gasteiger partial charge < -0.3 is 9.26 Å². The molecule has 27 heavy (non-hydrogen) atoms. The van der Waals surface area contributed by atoms with E-state index in [0.29, 0.717) is 26.6 Å². The maximum absolute atomic E-state index is 12.8. The van der Waals surface area contributed by atoms with Crippen LogP contribution in [0.3, 0.4) is 0 Å². The van der Waals surface area contributed by atoms with Gasteiger partial charge >= 0.3 is 0 Å². The van der Waals surface area contributed by atoms with Crippen molar-refractivity contribution in [2.75, 3.05) is 14.2 Å². The van der Waals surface area contributed by atoms with E-state index in [4.69, 9.17) is 20.9 Å². The first-order valence-corrected chi connectivity index (χ1v) is 10.3. The fourth-order valence-electron chi connectivity index (χ4n) is 2.33. The van der Waals surface area contributed by atoms with Crippen LogP contribution in [0.2, 0.25) is 5.02 Å². The molecule has 0 aliphatic carbocycles. The van der Waals surface area contributed by atoms with Gasteiger partial charge in [0.2, 0.25) is 21.7 Å². The highest BCUT2D eigenvalue weighted by molar-refractivity contribution is 9.10. The zero-order valence-electron chi connectivity index (χ0n) is 14.4. The molecule has 0 N–H and O–H groups in total. The number of rotatable bonds is 6. The topological polar surface area (TPSA) is 85.5 Å². The van der Waals surface area contributed by atoms with E-state index in [0.717, 1.165) is 4.31 Å². The summed E-state index contributed by atoms with van der Waals surface area (Å²) in [5, 5.41) is 4.43. The Hall–Kier alpha value is -1.94. The lowest BCUT2D eigenvalue weighted by Crippen LogP contribution is -2.26. The predicted molar refractivity (Wildman–Crippen MR) is 104 cm³/mol. The van der Waals surface area contributed by atoms with Crippen LogP contribution in [0.4, 0.5) is 0 Å². The molecule has 1 heterocycles. The highest BCUT2D eigenvalue weighted by atomic mass is 79.9. The molecule has 0 atom stereocenters. The van der Waals surface area contributed by atoms with E-state index < -0.39 is 10.0 Å². The van der Waals surface area contributed by atoms with Gasteiger partial charge in [-0.05, 0) is 46.3 Å². The van der Waals surface area contributed by atoms with Crippen molar-refractivity contribution in [3.8, 4) is 17.1 Å². The van der Waals surface area contributed by atoms with Gasteiger partial charge in [0.25, 0.3) is 0 Å². The first-order valence-electron chi connectivity index (χ1n) is 7.69. The summed E-state index contributed by atoms with van der Waals surface area (Å²) < 4.78 is 37.5. The molecule has 0 spiro atoms. The monoisotopic (exact) mass is 471 g/mol. The first-order chi connectivity index (χ1) is 12.8. The number of ether oxygens (including phenoxy) is 1. The molecule has 1 aromatic heterocycles. The van der Waals surface area contributed by atoms with Gasteiger partial charge in [-0.1, -0.05) is 28.9 Å². The van der Waals surface area contributed by atoms with Gasteiger partial charge in [-0.15, -0.1) is 0 Å². The van der Waals surface area contributed by atoms with Crippen molar-refractivity contribution in [2.45, 2.75) is 11.4 Å². The Labute approximate surface area is 170 Å². The van der Waals surface area contributed by atoms with Gasteiger partial charge in [-0.25, -0.2) is 8.42 Å². The zero-order valence-corrected chi connectivity index (χ0v) is 17.5. The quantitative estimate of drug-likeness (QED) is 0.539. The van der Waals surface area contributed by atoms with Gasteiger partial charge in [0.05, 0.1) is 23.0 Å². The van der Waals surface area contributed by atoms with E-state index in [2.05, 4.69) is 26.1 Å². The normalized spacial score (nSPS) is 11.7. The summed E-state index contributed by atoms with van der Waals surface area (Å²) in [6.07, 6.45) is 0. The molecule has 142 valence electrons. The summed E-state index contributed by atoms with van der Waals surface area (Å²) in [6.45, 7) is -0.0699. The summed E-state index contributed by atoms with van der Waals surface area (Å²) in [7, 11) is -0.799. The van der Waals surface area contributed by atoms with Gasteiger partial charge in [0.1, 0.15) is 5.75 Å². The van der Waals surface area contributed by atoms with Crippen molar-refractivity contribution < 1.29 is 17.7 Å². The Morgan fingerprint density at radius 3 is 2.70 bits per heavy atom. The average Bonchev–Trinajstić information content (AvgIpc) is 3.10. The average molecular weight is 473 g/mol. The first kappa shape index (κ1) is 19.8. The third kappa shape index (κ3) is 4.32. The Morgan fingerprint density at radius 2 is 2.04 bits per heavy atom. The lowest BCUT2D eigenvalue weighted by Gasteiger charge is -2.15. The summed E-state index contributed by atoms with van der Waals surface area (Å²) in [6, 6.07) is 11.5. The fraction of sp³-hybridized carbons (Fsp3) is 0.176. The SMILES string of the molecule is COc1ccc(S(=O)(=O)N(C)Cc2nc(-c3cccc(Cl)c3)no2)cc1Br. The van der Waals surface area contributed by atoms with E-state index in [1.807, 2.05) is 0 Å². The van der Waals surface area contributed by atoms with Crippen molar-refractivity contribution in [1.82, 2.24) is 14.4 Å². The zero-order chi connectivity index (χ0) is 19.6. The van der Waals surface area contributed by atoms with Crippen LogP contribution in [0.5, 0.6) is 5.75 Å². The van der Waals surface area contributed by atoms with Crippen LogP contribution < -0.4 is 4.74 Å². The molecule has 0 unspecified atom stereocenters. The Kier molecular flexibility index (Phi) is 5.85. The summed E-state index contributed by atoms with van der Waals surface area (Å²) in [4.78, 5) is 4.36. The number of hydrogen-bond donors (Lipinski definition) is 0. The highest BCUT2D eigenvalue weighted by Crippen LogP contribution is 2.29. The third-order valence-electron chi connectivity index (χ3n) is 3.74. The second-order valence-corrected chi connectivity index (χ2v) is 8.92. The van der Waals surface area contributed by atoms with Crippen molar-refractivity contribution in [1.29, 1.82) is 0 Å². The Morgan fingerprint density at radius 1 is 1.26 bits per heavy atom. The van der Waals surface area contributed by atoms with Gasteiger partial charge in [0, 0.05) is 17.6 Å². The van der Waals surface area contributed by atoms with Crippen LogP contribution in [-0.2, 0) is 16.6 Å². The van der Waals surface area contributed by atoms with E-state index in [-0.39, 0.29) is 17.3 Å². The highest BCUT2D eigenvalue weighted by Gasteiger charge is 2.24. The van der Waals surface area contributed by atoms with Gasteiger partial charge in [0.15, 0.2) is 0 Å². The molecule has 7 nitrogen and oxygen atoms in total. The second-order valence-electron chi connectivity index (χ2n) is 5.58. The molecule has 0 amide bonds. The molecule has 0 aliphatic rings. The Balaban J connectivity index is 1.80. The molecule has 0 fully saturated rings. The fourth-order valence-corrected chi connectivity index (χ4v) is 4.36. The smallest absolute Gasteiger partial charge is 0.243 e. The molecule has 2 aromatic carbocycles. The maximum Gasteiger partial charge on any atom is 0.243 e. The molecule has 0 radical (unpaired) electrons. The Bertz CT molecular complexity index is 1070. The number of benzene rings is 2. The number of nitrogens with zero attached hydrogens (tertiary/aromatic N) is 3. The van der Waals surface area contributed by atoms with E-state index in [1.54, 1.807) is 30.3 Å². The van der Waals surface area contributed by atoms with Gasteiger partial charge in [-0.2, -0.15) is 9.29 Å². The van der Waals surface area contributed by atoms with Crippen LogP contribution in [-0.4, -0.2) is 37.0 Å². The largest absolute Gasteiger partial charge is 0.496 e. The minimum Gasteiger partial charge on any atom is -0.496 e. The van der Waals surface area contributed by atoms with Crippen molar-refractivity contribution >= 4 is 37.6 Å². The van der Waals surface area contributed by atoms with Crippen LogP contribution >= 0.6 is 27.5 Å². The van der Waals surface area contributed by atoms with E-state index in [9.17, 15) is 8.42 Å². The number of halogens is 2. The minimum atomic E-state index is -3.75. The van der Waals surface area contributed by atoms with Gasteiger partial charge in [-0.3, -0.25) is 0 Å². The number of hydrogen-bond acceptors (Lipinski definition) is 6. The predicted octanol–water partition coefficient (Wildman–Crippen LogP) is 3.98. The summed E-state index contributed by atoms with van der Waals surface area (Å²) in [5.74, 6) is 1.05. The molecule has 0 saturated carbocycles. The van der Waals surface area contributed by atoms with E-state index in [1.165, 1.54) is 26.3 Å². The second kappa shape index (κ2) is 7.97. The minimum absolute atomic E-state index is 0.0699. The molecule has 10 heteroatoms. The van der Waals surface area contributed by atoms with E-state index >= 15 is 0 Å². The van der Waals surface area contributed by atoms with Crippen molar-refractivity contribution in [3.05, 3.63) is 57.9 Å². The summed E-state index contributed by atoms with van der Waals surface area (Å²) in [5.41, 5.74) is 0.682. The van der Waals surface area contributed by atoms with Crippen LogP contribution in [0.1, 0.15) is 5.89 Å².